The molecule has 28 heavy (non-hydrogen) atoms. The molecule has 0 heterocycles. The maximum absolute atomic E-state index is 9.20. The molecule has 0 amide bonds. The van der Waals surface area contributed by atoms with Gasteiger partial charge in [-0.05, 0) is 35.1 Å². The van der Waals surface area contributed by atoms with Gasteiger partial charge < -0.3 is 10.2 Å². The molecular weight excluding hydrogens is 384 g/mol. The predicted octanol–water partition coefficient (Wildman–Crippen LogP) is 5.77. The fourth-order valence-corrected chi connectivity index (χ4v) is 4.68. The highest BCUT2D eigenvalue weighted by molar-refractivity contribution is 8.00. The summed E-state index contributed by atoms with van der Waals surface area (Å²) in [5.41, 5.74) is 5.68. The Hall–Kier alpha value is -0.940. The van der Waals surface area contributed by atoms with Crippen LogP contribution in [0.4, 0.5) is 0 Å². The van der Waals surface area contributed by atoms with Gasteiger partial charge >= 0.3 is 0 Å². The zero-order chi connectivity index (χ0) is 20.8. The smallest absolute Gasteiger partial charge is 0.0444 e. The summed E-state index contributed by atoms with van der Waals surface area (Å²) in [7, 11) is 0. The number of fused-ring (bicyclic) bond motifs is 3. The second kappa shape index (κ2) is 10.2. The number of hydrogen-bond donors (Lipinski definition) is 3. The van der Waals surface area contributed by atoms with Gasteiger partial charge in [0.2, 0.25) is 0 Å². The molecule has 0 saturated heterocycles. The molecule has 2 nitrogen and oxygen atoms in total. The molecular formula is C24H34O2S2. The molecule has 0 radical (unpaired) electrons. The minimum absolute atomic E-state index is 0.00521. The van der Waals surface area contributed by atoms with Crippen molar-refractivity contribution in [2.45, 2.75) is 55.9 Å². The van der Waals surface area contributed by atoms with E-state index in [1.807, 2.05) is 25.6 Å². The summed E-state index contributed by atoms with van der Waals surface area (Å²) in [5, 5.41) is 17.5. The van der Waals surface area contributed by atoms with E-state index in [0.29, 0.717) is 5.92 Å². The standard InChI is InChI=1S/C19H22OS.C5H12OS/c1-19(2,11-12-20)21-13-18-16-9-5-3-7-14(16)15-8-4-6-10-17(15)18;1-5(2,7)3-4-6/h3-10,18,20H,11-13H2,1-2H3;6-7H,3-4H2,1-2H3. The van der Waals surface area contributed by atoms with E-state index >= 15 is 0 Å². The van der Waals surface area contributed by atoms with Crippen LogP contribution in [0.15, 0.2) is 48.5 Å². The normalized spacial score (nSPS) is 13.5. The second-order valence-electron chi connectivity index (χ2n) is 8.56. The summed E-state index contributed by atoms with van der Waals surface area (Å²) in [6.45, 7) is 8.90. The maximum atomic E-state index is 9.20. The van der Waals surface area contributed by atoms with Crippen LogP contribution >= 0.6 is 24.4 Å². The monoisotopic (exact) mass is 418 g/mol. The van der Waals surface area contributed by atoms with Crippen molar-refractivity contribution in [2.24, 2.45) is 0 Å². The van der Waals surface area contributed by atoms with Gasteiger partial charge in [0.05, 0.1) is 0 Å². The SMILES string of the molecule is CC(C)(CCO)SCC1c2ccccc2-c2ccccc21.CC(C)(S)CCO. The van der Waals surface area contributed by atoms with Crippen molar-refractivity contribution in [1.29, 1.82) is 0 Å². The fraction of sp³-hybridized carbons (Fsp3) is 0.500. The predicted molar refractivity (Wildman–Crippen MR) is 127 cm³/mol. The lowest BCUT2D eigenvalue weighted by molar-refractivity contribution is 0.275. The topological polar surface area (TPSA) is 40.5 Å². The van der Waals surface area contributed by atoms with Gasteiger partial charge in [0.1, 0.15) is 0 Å². The number of thiol groups is 1. The molecule has 0 aromatic heterocycles. The minimum Gasteiger partial charge on any atom is -0.396 e. The summed E-state index contributed by atoms with van der Waals surface area (Å²) < 4.78 is 0.121. The van der Waals surface area contributed by atoms with Gasteiger partial charge in [-0.2, -0.15) is 24.4 Å². The molecule has 0 bridgehead atoms. The number of hydrogen-bond acceptors (Lipinski definition) is 4. The Morgan fingerprint density at radius 1 is 0.821 bits per heavy atom. The van der Waals surface area contributed by atoms with Crippen LogP contribution in [0, 0.1) is 0 Å². The molecule has 0 unspecified atom stereocenters. The minimum atomic E-state index is -0.00521. The molecule has 0 fully saturated rings. The van der Waals surface area contributed by atoms with Gasteiger partial charge in [0.25, 0.3) is 0 Å². The lowest BCUT2D eigenvalue weighted by Gasteiger charge is -2.25. The number of benzene rings is 2. The highest BCUT2D eigenvalue weighted by Crippen LogP contribution is 2.47. The van der Waals surface area contributed by atoms with E-state index in [0.717, 1.165) is 18.6 Å². The molecule has 0 spiro atoms. The molecule has 0 saturated carbocycles. The Bertz CT molecular complexity index is 705. The zero-order valence-electron chi connectivity index (χ0n) is 17.5. The first kappa shape index (κ1) is 23.3. The number of thioether (sulfide) groups is 1. The molecule has 2 aromatic carbocycles. The molecule has 1 aliphatic rings. The number of rotatable bonds is 7. The van der Waals surface area contributed by atoms with Crippen molar-refractivity contribution in [2.75, 3.05) is 19.0 Å². The van der Waals surface area contributed by atoms with E-state index in [1.54, 1.807) is 0 Å². The lowest BCUT2D eigenvalue weighted by atomic mass is 9.99. The maximum Gasteiger partial charge on any atom is 0.0444 e. The highest BCUT2D eigenvalue weighted by atomic mass is 32.2. The van der Waals surface area contributed by atoms with Crippen molar-refractivity contribution in [3.05, 3.63) is 59.7 Å². The molecule has 3 rings (SSSR count). The van der Waals surface area contributed by atoms with Crippen LogP contribution in [0.25, 0.3) is 11.1 Å². The first-order valence-electron chi connectivity index (χ1n) is 9.95. The lowest BCUT2D eigenvalue weighted by Crippen LogP contribution is -2.18. The number of aliphatic hydroxyl groups excluding tert-OH is 2. The Morgan fingerprint density at radius 2 is 1.29 bits per heavy atom. The van der Waals surface area contributed by atoms with E-state index < -0.39 is 0 Å². The third kappa shape index (κ3) is 6.55. The third-order valence-corrected chi connectivity index (χ3v) is 6.75. The van der Waals surface area contributed by atoms with Gasteiger partial charge in [-0.3, -0.25) is 0 Å². The summed E-state index contributed by atoms with van der Waals surface area (Å²) in [5.74, 6) is 1.54. The molecule has 4 heteroatoms. The van der Waals surface area contributed by atoms with Gasteiger partial charge in [0.15, 0.2) is 0 Å². The van der Waals surface area contributed by atoms with E-state index in [2.05, 4.69) is 75.0 Å². The summed E-state index contributed by atoms with van der Waals surface area (Å²) in [4.78, 5) is 0. The van der Waals surface area contributed by atoms with Crippen molar-refractivity contribution in [3.8, 4) is 11.1 Å². The van der Waals surface area contributed by atoms with Crippen LogP contribution in [0.5, 0.6) is 0 Å². The van der Waals surface area contributed by atoms with E-state index in [-0.39, 0.29) is 22.7 Å². The van der Waals surface area contributed by atoms with Crippen LogP contribution in [-0.4, -0.2) is 38.7 Å². The fourth-order valence-electron chi connectivity index (χ4n) is 3.36. The Morgan fingerprint density at radius 3 is 1.68 bits per heavy atom. The first-order valence-corrected chi connectivity index (χ1v) is 11.4. The quantitative estimate of drug-likeness (QED) is 0.500. The van der Waals surface area contributed by atoms with E-state index in [9.17, 15) is 5.11 Å². The highest BCUT2D eigenvalue weighted by Gasteiger charge is 2.29. The van der Waals surface area contributed by atoms with Crippen LogP contribution < -0.4 is 0 Å². The molecule has 154 valence electrons. The summed E-state index contributed by atoms with van der Waals surface area (Å²) in [6, 6.07) is 17.5. The molecule has 1 aliphatic carbocycles. The van der Waals surface area contributed by atoms with Gasteiger partial charge in [0, 0.05) is 34.4 Å². The molecule has 0 aliphatic heterocycles. The third-order valence-electron chi connectivity index (χ3n) is 5.04. The van der Waals surface area contributed by atoms with Gasteiger partial charge in [-0.1, -0.05) is 76.2 Å². The van der Waals surface area contributed by atoms with Crippen LogP contribution in [-0.2, 0) is 0 Å². The summed E-state index contributed by atoms with van der Waals surface area (Å²) >= 11 is 6.14. The van der Waals surface area contributed by atoms with E-state index in [1.165, 1.54) is 22.3 Å². The van der Waals surface area contributed by atoms with E-state index in [4.69, 9.17) is 5.11 Å². The average molecular weight is 419 g/mol. The Kier molecular flexibility index (Phi) is 8.50. The van der Waals surface area contributed by atoms with Crippen LogP contribution in [0.3, 0.4) is 0 Å². The van der Waals surface area contributed by atoms with Gasteiger partial charge in [-0.15, -0.1) is 0 Å². The van der Waals surface area contributed by atoms with Crippen molar-refractivity contribution < 1.29 is 10.2 Å². The summed E-state index contributed by atoms with van der Waals surface area (Å²) in [6.07, 6.45) is 1.60. The van der Waals surface area contributed by atoms with Crippen LogP contribution in [0.2, 0.25) is 0 Å². The average Bonchev–Trinajstić information content (AvgIpc) is 2.94. The Labute approximate surface area is 180 Å². The molecule has 2 aromatic rings. The molecule has 2 N–H and O–H groups in total. The second-order valence-corrected chi connectivity index (χ2v) is 11.5. The van der Waals surface area contributed by atoms with Crippen molar-refractivity contribution in [3.63, 3.8) is 0 Å². The molecule has 0 atom stereocenters. The first-order chi connectivity index (χ1) is 13.2. The van der Waals surface area contributed by atoms with Crippen molar-refractivity contribution >= 4 is 24.4 Å². The van der Waals surface area contributed by atoms with Crippen molar-refractivity contribution in [1.82, 2.24) is 0 Å². The number of aliphatic hydroxyl groups is 2. The Balaban J connectivity index is 0.000000345. The largest absolute Gasteiger partial charge is 0.396 e. The van der Waals surface area contributed by atoms with Crippen LogP contribution in [0.1, 0.15) is 57.6 Å². The zero-order valence-corrected chi connectivity index (χ0v) is 19.2. The van der Waals surface area contributed by atoms with Gasteiger partial charge in [-0.25, -0.2) is 0 Å².